The Bertz CT molecular complexity index is 885. The van der Waals surface area contributed by atoms with Crippen LogP contribution in [0.15, 0.2) is 58.0 Å². The fourth-order valence-corrected chi connectivity index (χ4v) is 2.50. The smallest absolute Gasteiger partial charge is 0.257 e. The summed E-state index contributed by atoms with van der Waals surface area (Å²) in [6.07, 6.45) is 1.54. The molecule has 0 aliphatic rings. The molecule has 0 radical (unpaired) electrons. The maximum absolute atomic E-state index is 5.94. The maximum atomic E-state index is 5.94. The van der Waals surface area contributed by atoms with Gasteiger partial charge in [-0.05, 0) is 48.4 Å². The van der Waals surface area contributed by atoms with Gasteiger partial charge in [-0.2, -0.15) is 4.98 Å². The van der Waals surface area contributed by atoms with Crippen molar-refractivity contribution in [3.05, 3.63) is 59.9 Å². The number of nitrogens with zero attached hydrogens (tertiary/aromatic N) is 3. The number of methoxy groups -OCH3 is 1. The lowest BCUT2D eigenvalue weighted by atomic mass is 10.1. The Morgan fingerprint density at radius 2 is 1.89 bits per heavy atom. The molecule has 3 N–H and O–H groups in total. The van der Waals surface area contributed by atoms with E-state index in [9.17, 15) is 0 Å². The highest BCUT2D eigenvalue weighted by Crippen LogP contribution is 2.18. The molecule has 0 aliphatic carbocycles. The second kappa shape index (κ2) is 8.84. The molecule has 0 saturated carbocycles. The van der Waals surface area contributed by atoms with Crippen LogP contribution in [-0.4, -0.2) is 29.8 Å². The van der Waals surface area contributed by atoms with Crippen LogP contribution in [0.3, 0.4) is 0 Å². The van der Waals surface area contributed by atoms with E-state index in [1.165, 1.54) is 0 Å². The number of benzene rings is 2. The maximum Gasteiger partial charge on any atom is 0.257 e. The summed E-state index contributed by atoms with van der Waals surface area (Å²) in [7, 11) is 1.63. The molecule has 0 spiro atoms. The number of guanidine groups is 1. The monoisotopic (exact) mass is 365 g/mol. The highest BCUT2D eigenvalue weighted by molar-refractivity contribution is 5.92. The summed E-state index contributed by atoms with van der Waals surface area (Å²) in [6, 6.07) is 15.5. The number of hydrogen-bond acceptors (Lipinski definition) is 5. The van der Waals surface area contributed by atoms with Crippen molar-refractivity contribution in [1.82, 2.24) is 10.1 Å². The first-order valence-corrected chi connectivity index (χ1v) is 8.81. The van der Waals surface area contributed by atoms with Gasteiger partial charge in [-0.25, -0.2) is 0 Å². The quantitative estimate of drug-likeness (QED) is 0.492. The molecule has 27 heavy (non-hydrogen) atoms. The summed E-state index contributed by atoms with van der Waals surface area (Å²) in [5.41, 5.74) is 8.88. The molecule has 7 heteroatoms. The van der Waals surface area contributed by atoms with Crippen molar-refractivity contribution in [3.63, 3.8) is 0 Å². The Hall–Kier alpha value is -3.35. The van der Waals surface area contributed by atoms with E-state index >= 15 is 0 Å². The Balaban J connectivity index is 1.52. The van der Waals surface area contributed by atoms with Crippen molar-refractivity contribution in [3.8, 4) is 17.2 Å². The lowest BCUT2D eigenvalue weighted by Gasteiger charge is -2.07. The third-order valence-corrected chi connectivity index (χ3v) is 4.03. The zero-order chi connectivity index (χ0) is 19.1. The summed E-state index contributed by atoms with van der Waals surface area (Å²) >= 11 is 0. The minimum absolute atomic E-state index is 0.384. The molecule has 0 bridgehead atoms. The van der Waals surface area contributed by atoms with Gasteiger partial charge in [-0.3, -0.25) is 4.99 Å². The highest BCUT2D eigenvalue weighted by Gasteiger charge is 2.07. The van der Waals surface area contributed by atoms with Crippen LogP contribution in [0.2, 0.25) is 0 Å². The summed E-state index contributed by atoms with van der Waals surface area (Å²) < 4.78 is 10.4. The van der Waals surface area contributed by atoms with E-state index in [-0.39, 0.29) is 0 Å². The number of aliphatic imine (C=N–C) groups is 1. The zero-order valence-electron chi connectivity index (χ0n) is 15.5. The summed E-state index contributed by atoms with van der Waals surface area (Å²) in [5, 5.41) is 6.98. The van der Waals surface area contributed by atoms with Gasteiger partial charge in [-0.1, -0.05) is 24.2 Å². The van der Waals surface area contributed by atoms with Gasteiger partial charge in [0.05, 0.1) is 7.11 Å². The van der Waals surface area contributed by atoms with Crippen LogP contribution in [-0.2, 0) is 12.8 Å². The molecule has 0 amide bonds. The van der Waals surface area contributed by atoms with Gasteiger partial charge in [0.1, 0.15) is 5.75 Å². The van der Waals surface area contributed by atoms with Gasteiger partial charge in [0, 0.05) is 24.2 Å². The highest BCUT2D eigenvalue weighted by atomic mass is 16.5. The van der Waals surface area contributed by atoms with Crippen molar-refractivity contribution < 1.29 is 9.26 Å². The summed E-state index contributed by atoms with van der Waals surface area (Å²) in [5.74, 6) is 2.44. The first-order chi connectivity index (χ1) is 13.2. The number of rotatable bonds is 7. The van der Waals surface area contributed by atoms with E-state index in [4.69, 9.17) is 15.0 Å². The van der Waals surface area contributed by atoms with Gasteiger partial charge in [0.2, 0.25) is 0 Å². The van der Waals surface area contributed by atoms with Crippen LogP contribution < -0.4 is 15.8 Å². The molecule has 0 saturated heterocycles. The first-order valence-electron chi connectivity index (χ1n) is 8.81. The van der Waals surface area contributed by atoms with Crippen molar-refractivity contribution in [1.29, 1.82) is 0 Å². The molecule has 7 nitrogen and oxygen atoms in total. The van der Waals surface area contributed by atoms with Crippen LogP contribution in [0.25, 0.3) is 11.5 Å². The average Bonchev–Trinajstić information content (AvgIpc) is 3.18. The lowest BCUT2D eigenvalue weighted by Crippen LogP contribution is -2.23. The van der Waals surface area contributed by atoms with Crippen molar-refractivity contribution in [2.75, 3.05) is 19.0 Å². The minimum Gasteiger partial charge on any atom is -0.497 e. The Morgan fingerprint density at radius 3 is 2.52 bits per heavy atom. The Kier molecular flexibility index (Phi) is 6.04. The second-order valence-corrected chi connectivity index (χ2v) is 5.94. The Morgan fingerprint density at radius 1 is 1.15 bits per heavy atom. The van der Waals surface area contributed by atoms with Crippen molar-refractivity contribution >= 4 is 11.6 Å². The van der Waals surface area contributed by atoms with Crippen LogP contribution in [0, 0.1) is 0 Å². The molecule has 0 fully saturated rings. The molecule has 3 aromatic rings. The largest absolute Gasteiger partial charge is 0.497 e. The second-order valence-electron chi connectivity index (χ2n) is 5.94. The third kappa shape index (κ3) is 5.07. The fourth-order valence-electron chi connectivity index (χ4n) is 2.50. The minimum atomic E-state index is 0.384. The average molecular weight is 365 g/mol. The Labute approximate surface area is 158 Å². The van der Waals surface area contributed by atoms with Gasteiger partial charge >= 0.3 is 0 Å². The summed E-state index contributed by atoms with van der Waals surface area (Å²) in [4.78, 5) is 8.70. The predicted octanol–water partition coefficient (Wildman–Crippen LogP) is 3.28. The van der Waals surface area contributed by atoms with E-state index in [1.807, 2.05) is 55.5 Å². The van der Waals surface area contributed by atoms with E-state index in [2.05, 4.69) is 20.4 Å². The van der Waals surface area contributed by atoms with Gasteiger partial charge in [0.15, 0.2) is 11.8 Å². The molecule has 2 aromatic carbocycles. The topological polar surface area (TPSA) is 98.6 Å². The standard InChI is InChI=1S/C20H23N5O2/c1-3-18-24-19(27-25-18)15-6-4-14(5-7-15)12-13-22-20(21)23-16-8-10-17(26-2)11-9-16/h4-11H,3,12-13H2,1-2H3,(H3,21,22,23). The number of aromatic nitrogens is 2. The molecule has 0 unspecified atom stereocenters. The third-order valence-electron chi connectivity index (χ3n) is 4.03. The van der Waals surface area contributed by atoms with Gasteiger partial charge < -0.3 is 20.3 Å². The van der Waals surface area contributed by atoms with Crippen molar-refractivity contribution in [2.24, 2.45) is 10.7 Å². The first kappa shape index (κ1) is 18.4. The van der Waals surface area contributed by atoms with E-state index in [0.29, 0.717) is 24.2 Å². The van der Waals surface area contributed by atoms with Gasteiger partial charge in [0.25, 0.3) is 5.89 Å². The molecule has 0 atom stereocenters. The molecule has 1 aromatic heterocycles. The predicted molar refractivity (Wildman–Crippen MR) is 106 cm³/mol. The van der Waals surface area contributed by atoms with Crippen LogP contribution >= 0.6 is 0 Å². The number of anilines is 1. The van der Waals surface area contributed by atoms with Crippen LogP contribution in [0.4, 0.5) is 5.69 Å². The fraction of sp³-hybridized carbons (Fsp3) is 0.250. The lowest BCUT2D eigenvalue weighted by molar-refractivity contribution is 0.415. The normalized spacial score (nSPS) is 11.4. The van der Waals surface area contributed by atoms with Crippen molar-refractivity contribution in [2.45, 2.75) is 19.8 Å². The molecule has 1 heterocycles. The molecular weight excluding hydrogens is 342 g/mol. The summed E-state index contributed by atoms with van der Waals surface area (Å²) in [6.45, 7) is 2.59. The van der Waals surface area contributed by atoms with Crippen LogP contribution in [0.5, 0.6) is 5.75 Å². The number of hydrogen-bond donors (Lipinski definition) is 2. The molecule has 140 valence electrons. The van der Waals surface area contributed by atoms with Gasteiger partial charge in [-0.15, -0.1) is 0 Å². The van der Waals surface area contributed by atoms with E-state index in [0.717, 1.165) is 35.4 Å². The van der Waals surface area contributed by atoms with E-state index in [1.54, 1.807) is 7.11 Å². The number of ether oxygens (including phenoxy) is 1. The number of nitrogens with two attached hydrogens (primary N) is 1. The zero-order valence-corrected chi connectivity index (χ0v) is 15.5. The number of aryl methyl sites for hydroxylation is 1. The van der Waals surface area contributed by atoms with Crippen LogP contribution in [0.1, 0.15) is 18.3 Å². The molecule has 3 rings (SSSR count). The SMILES string of the molecule is CCc1noc(-c2ccc(CCN=C(N)Nc3ccc(OC)cc3)cc2)n1. The molecular formula is C20H23N5O2. The molecule has 0 aliphatic heterocycles. The van der Waals surface area contributed by atoms with E-state index < -0.39 is 0 Å². The number of nitrogens with one attached hydrogen (secondary N) is 1.